The minimum Gasteiger partial charge on any atom is -0.465 e. The number of hydrogen-bond donors (Lipinski definition) is 2. The molecule has 0 bridgehead atoms. The Morgan fingerprint density at radius 1 is 1.10 bits per heavy atom. The van der Waals surface area contributed by atoms with Crippen LogP contribution in [0.2, 0.25) is 0 Å². The molecule has 0 saturated heterocycles. The van der Waals surface area contributed by atoms with E-state index in [2.05, 4.69) is 10.3 Å². The second-order valence-corrected chi connectivity index (χ2v) is 4.65. The van der Waals surface area contributed by atoms with Gasteiger partial charge in [0.25, 0.3) is 0 Å². The van der Waals surface area contributed by atoms with Gasteiger partial charge in [-0.3, -0.25) is 0 Å². The first-order valence-corrected chi connectivity index (χ1v) is 6.37. The lowest BCUT2D eigenvalue weighted by molar-refractivity contribution is -0.352. The quantitative estimate of drug-likeness (QED) is 0.786. The van der Waals surface area contributed by atoms with E-state index in [1.807, 2.05) is 19.9 Å². The summed E-state index contributed by atoms with van der Waals surface area (Å²) < 4.78 is 9.53. The second kappa shape index (κ2) is 5.78. The van der Waals surface area contributed by atoms with Crippen molar-refractivity contribution in [2.24, 2.45) is 0 Å². The molecule has 0 aromatic heterocycles. The lowest BCUT2D eigenvalue weighted by Gasteiger charge is -2.10. The van der Waals surface area contributed by atoms with Gasteiger partial charge in [-0.05, 0) is 19.1 Å². The van der Waals surface area contributed by atoms with Gasteiger partial charge >= 0.3 is 11.9 Å². The maximum Gasteiger partial charge on any atom is 0.345 e. The second-order valence-electron chi connectivity index (χ2n) is 4.65. The van der Waals surface area contributed by atoms with Crippen LogP contribution in [0.5, 0.6) is 0 Å². The van der Waals surface area contributed by atoms with Gasteiger partial charge in [-0.2, -0.15) is 0 Å². The molecule has 2 rings (SSSR count). The molecular weight excluding hydrogens is 272 g/mol. The van der Waals surface area contributed by atoms with Crippen molar-refractivity contribution in [1.82, 2.24) is 0 Å². The molecule has 0 radical (unpaired) electrons. The van der Waals surface area contributed by atoms with Crippen molar-refractivity contribution in [3.63, 3.8) is 0 Å². The number of allylic oxidation sites excluding steroid dienone is 2. The molecule has 0 unspecified atom stereocenters. The topological polar surface area (TPSA) is 78.6 Å². The fourth-order valence-electron chi connectivity index (χ4n) is 2.24. The van der Waals surface area contributed by atoms with Crippen molar-refractivity contribution in [2.45, 2.75) is 13.8 Å². The summed E-state index contributed by atoms with van der Waals surface area (Å²) in [6.45, 7) is 3.78. The molecule has 110 valence electrons. The van der Waals surface area contributed by atoms with Gasteiger partial charge in [0, 0.05) is 18.7 Å². The summed E-state index contributed by atoms with van der Waals surface area (Å²) in [5.41, 5.74) is 3.25. The molecule has 21 heavy (non-hydrogen) atoms. The van der Waals surface area contributed by atoms with Crippen LogP contribution in [0.15, 0.2) is 23.9 Å². The Bertz CT molecular complexity index is 674. The van der Waals surface area contributed by atoms with Crippen LogP contribution in [0.4, 0.5) is 11.4 Å². The Labute approximate surface area is 122 Å². The van der Waals surface area contributed by atoms with Gasteiger partial charge in [0.15, 0.2) is 5.71 Å². The van der Waals surface area contributed by atoms with Gasteiger partial charge in [-0.1, -0.05) is 0 Å². The van der Waals surface area contributed by atoms with E-state index in [4.69, 9.17) is 9.47 Å². The lowest BCUT2D eigenvalue weighted by Crippen LogP contribution is -2.65. The fourth-order valence-corrected chi connectivity index (χ4v) is 2.24. The van der Waals surface area contributed by atoms with Gasteiger partial charge in [0.1, 0.15) is 11.3 Å². The number of methoxy groups -OCH3 is 2. The van der Waals surface area contributed by atoms with Crippen molar-refractivity contribution in [3.8, 4) is 0 Å². The number of nitrogens with one attached hydrogen (secondary N) is 2. The third-order valence-corrected chi connectivity index (χ3v) is 3.09. The molecule has 0 atom stereocenters. The van der Waals surface area contributed by atoms with Crippen LogP contribution in [-0.2, 0) is 9.47 Å². The monoisotopic (exact) mass is 289 g/mol. The summed E-state index contributed by atoms with van der Waals surface area (Å²) in [5.74, 6) is -1.19. The van der Waals surface area contributed by atoms with E-state index in [0.717, 1.165) is 11.4 Å². The Morgan fingerprint density at radius 2 is 1.76 bits per heavy atom. The molecule has 2 N–H and O–H groups in total. The number of hydrogen-bond acceptors (Lipinski definition) is 5. The summed E-state index contributed by atoms with van der Waals surface area (Å²) in [7, 11) is 2.54. The van der Waals surface area contributed by atoms with E-state index < -0.39 is 11.9 Å². The molecule has 1 heterocycles. The van der Waals surface area contributed by atoms with Crippen molar-refractivity contribution in [3.05, 3.63) is 35.0 Å². The number of carbonyl (C=O) groups excluding carboxylic acids is 2. The summed E-state index contributed by atoms with van der Waals surface area (Å²) in [5, 5.41) is 3.17. The molecule has 1 aromatic carbocycles. The number of ether oxygens (including phenoxy) is 2. The molecule has 6 nitrogen and oxygen atoms in total. The Balaban J connectivity index is 2.74. The maximum absolute atomic E-state index is 12.1. The zero-order valence-electron chi connectivity index (χ0n) is 12.4. The van der Waals surface area contributed by atoms with Crippen LogP contribution in [-0.4, -0.2) is 31.9 Å². The van der Waals surface area contributed by atoms with Crippen molar-refractivity contribution >= 4 is 29.0 Å². The van der Waals surface area contributed by atoms with Crippen LogP contribution < -0.4 is 10.3 Å². The lowest BCUT2D eigenvalue weighted by atomic mass is 10.0. The Kier molecular flexibility index (Phi) is 4.07. The molecule has 0 saturated carbocycles. The highest BCUT2D eigenvalue weighted by atomic mass is 16.5. The summed E-state index contributed by atoms with van der Waals surface area (Å²) in [6.07, 6.45) is 1.90. The number of fused-ring (bicyclic) bond motifs is 1. The van der Waals surface area contributed by atoms with Crippen LogP contribution in [0.3, 0.4) is 0 Å². The van der Waals surface area contributed by atoms with Crippen molar-refractivity contribution < 1.29 is 24.1 Å². The van der Waals surface area contributed by atoms with Crippen LogP contribution in [0, 0.1) is 0 Å². The molecule has 0 amide bonds. The number of esters is 2. The first kappa shape index (κ1) is 14.8. The van der Waals surface area contributed by atoms with Crippen molar-refractivity contribution in [1.29, 1.82) is 0 Å². The van der Waals surface area contributed by atoms with Gasteiger partial charge in [-0.15, -0.1) is 0 Å². The van der Waals surface area contributed by atoms with Crippen LogP contribution >= 0.6 is 0 Å². The number of anilines is 1. The Morgan fingerprint density at radius 3 is 2.38 bits per heavy atom. The molecule has 0 spiro atoms. The fraction of sp³-hybridized carbons (Fsp3) is 0.267. The summed E-state index contributed by atoms with van der Waals surface area (Å²) in [6, 6.07) is 3.26. The van der Waals surface area contributed by atoms with Gasteiger partial charge in [-0.25, -0.2) is 14.6 Å². The molecular formula is C15H17N2O4+. The van der Waals surface area contributed by atoms with Crippen LogP contribution in [0.1, 0.15) is 34.6 Å². The van der Waals surface area contributed by atoms with Gasteiger partial charge in [0.05, 0.1) is 19.8 Å². The molecule has 1 aliphatic rings. The zero-order chi connectivity index (χ0) is 15.6. The highest BCUT2D eigenvalue weighted by Crippen LogP contribution is 2.28. The standard InChI is InChI=1S/C15H16N2O4/c1-8-7-9(2)17-13-11(16-8)6-5-10(14(18)20-3)12(13)15(19)21-4/h5-7,16H,1-4H3/p+1. The van der Waals surface area contributed by atoms with E-state index in [1.165, 1.54) is 14.2 Å². The number of carbonyl (C=O) groups is 2. The zero-order valence-corrected chi connectivity index (χ0v) is 12.4. The Hall–Kier alpha value is -2.63. The normalized spacial score (nSPS) is 13.1. The number of benzene rings is 1. The van der Waals surface area contributed by atoms with Gasteiger partial charge in [0.2, 0.25) is 5.69 Å². The minimum atomic E-state index is -0.603. The molecule has 1 aromatic rings. The minimum absolute atomic E-state index is 0.150. The maximum atomic E-state index is 12.1. The SMILES string of the molecule is COC(=O)c1ccc2c(c1C(=O)OC)[NH+]=C(C)C=C(C)N2. The first-order chi connectivity index (χ1) is 9.97. The highest BCUT2D eigenvalue weighted by Gasteiger charge is 2.29. The molecule has 0 aliphatic carbocycles. The number of rotatable bonds is 2. The summed E-state index contributed by atoms with van der Waals surface area (Å²) in [4.78, 5) is 27.1. The molecule has 0 fully saturated rings. The van der Waals surface area contributed by atoms with E-state index in [-0.39, 0.29) is 11.1 Å². The van der Waals surface area contributed by atoms with E-state index in [9.17, 15) is 9.59 Å². The largest absolute Gasteiger partial charge is 0.465 e. The predicted octanol–water partition coefficient (Wildman–Crippen LogP) is 0.762. The average molecular weight is 289 g/mol. The molecule has 6 heteroatoms. The molecule has 1 aliphatic heterocycles. The van der Waals surface area contributed by atoms with Crippen LogP contribution in [0.25, 0.3) is 0 Å². The summed E-state index contributed by atoms with van der Waals surface area (Å²) >= 11 is 0. The van der Waals surface area contributed by atoms with Gasteiger partial charge < -0.3 is 14.8 Å². The first-order valence-electron chi connectivity index (χ1n) is 6.37. The van der Waals surface area contributed by atoms with Crippen molar-refractivity contribution in [2.75, 3.05) is 19.5 Å². The highest BCUT2D eigenvalue weighted by molar-refractivity contribution is 6.08. The third kappa shape index (κ3) is 2.79. The van der Waals surface area contributed by atoms with E-state index >= 15 is 0 Å². The smallest absolute Gasteiger partial charge is 0.345 e. The third-order valence-electron chi connectivity index (χ3n) is 3.09. The van der Waals surface area contributed by atoms with E-state index in [1.54, 1.807) is 12.1 Å². The average Bonchev–Trinajstić information content (AvgIpc) is 2.60. The predicted molar refractivity (Wildman–Crippen MR) is 77.8 cm³/mol. The van der Waals surface area contributed by atoms with E-state index in [0.29, 0.717) is 11.4 Å².